The Morgan fingerprint density at radius 2 is 2.00 bits per heavy atom. The van der Waals surface area contributed by atoms with Crippen LogP contribution in [-0.2, 0) is 6.18 Å². The van der Waals surface area contributed by atoms with E-state index in [1.54, 1.807) is 0 Å². The molecule has 0 radical (unpaired) electrons. The number of carbonyl (C=O) groups is 1. The number of amides is 1. The van der Waals surface area contributed by atoms with Gasteiger partial charge in [0, 0.05) is 24.5 Å². The first-order valence-electron chi connectivity index (χ1n) is 6.20. The summed E-state index contributed by atoms with van der Waals surface area (Å²) in [5, 5.41) is 11.0. The van der Waals surface area contributed by atoms with Crippen LogP contribution in [-0.4, -0.2) is 35.7 Å². The molecule has 0 fully saturated rings. The lowest BCUT2D eigenvalue weighted by Gasteiger charge is -2.10. The maximum absolute atomic E-state index is 13.1. The summed E-state index contributed by atoms with van der Waals surface area (Å²) in [6, 6.07) is 2.15. The summed E-state index contributed by atoms with van der Waals surface area (Å²) >= 11 is 1.51. The summed E-state index contributed by atoms with van der Waals surface area (Å²) in [5.74, 6) is -0.762. The van der Waals surface area contributed by atoms with Gasteiger partial charge in [0.05, 0.1) is 5.56 Å². The third-order valence-electron chi connectivity index (χ3n) is 2.51. The standard InChI is InChI=1S/C13H15F4NO2S/c14-11-3-2-9(8-10(11)13(15,16)17)12(20)18-4-7-21-6-1-5-19/h2-3,8,19H,1,4-7H2,(H,18,20). The maximum atomic E-state index is 13.1. The molecule has 0 aliphatic rings. The number of aliphatic hydroxyl groups excluding tert-OH is 1. The predicted octanol–water partition coefficient (Wildman–Crippen LogP) is 2.69. The van der Waals surface area contributed by atoms with Crippen molar-refractivity contribution in [1.82, 2.24) is 5.32 Å². The number of hydrogen-bond donors (Lipinski definition) is 2. The summed E-state index contributed by atoms with van der Waals surface area (Å²) in [6.45, 7) is 0.378. The van der Waals surface area contributed by atoms with Crippen LogP contribution < -0.4 is 5.32 Å². The summed E-state index contributed by atoms with van der Waals surface area (Å²) in [5.41, 5.74) is -1.68. The molecule has 0 bridgehead atoms. The first-order valence-corrected chi connectivity index (χ1v) is 7.35. The maximum Gasteiger partial charge on any atom is 0.419 e. The molecule has 1 rings (SSSR count). The monoisotopic (exact) mass is 325 g/mol. The molecule has 118 valence electrons. The zero-order valence-electron chi connectivity index (χ0n) is 11.0. The van der Waals surface area contributed by atoms with E-state index in [1.165, 1.54) is 11.8 Å². The van der Waals surface area contributed by atoms with Crippen LogP contribution in [0.3, 0.4) is 0 Å². The van der Waals surface area contributed by atoms with Crippen molar-refractivity contribution in [1.29, 1.82) is 0 Å². The van der Waals surface area contributed by atoms with Crippen molar-refractivity contribution in [3.8, 4) is 0 Å². The second kappa shape index (κ2) is 8.23. The smallest absolute Gasteiger partial charge is 0.396 e. The van der Waals surface area contributed by atoms with Gasteiger partial charge in [0.15, 0.2) is 0 Å². The van der Waals surface area contributed by atoms with Crippen LogP contribution in [0, 0.1) is 5.82 Å². The Bertz CT molecular complexity index is 480. The minimum atomic E-state index is -4.83. The van der Waals surface area contributed by atoms with Crippen LogP contribution in [0.15, 0.2) is 18.2 Å². The van der Waals surface area contributed by atoms with Crippen molar-refractivity contribution in [2.24, 2.45) is 0 Å². The number of hydrogen-bond acceptors (Lipinski definition) is 3. The first-order chi connectivity index (χ1) is 9.86. The Labute approximate surface area is 123 Å². The molecule has 0 saturated carbocycles. The molecule has 1 amide bonds. The molecule has 0 atom stereocenters. The summed E-state index contributed by atoms with van der Waals surface area (Å²) in [7, 11) is 0. The highest BCUT2D eigenvalue weighted by molar-refractivity contribution is 7.99. The van der Waals surface area contributed by atoms with Crippen molar-refractivity contribution in [2.75, 3.05) is 24.7 Å². The highest BCUT2D eigenvalue weighted by Gasteiger charge is 2.34. The molecule has 0 aromatic heterocycles. The summed E-state index contributed by atoms with van der Waals surface area (Å²) < 4.78 is 50.6. The lowest BCUT2D eigenvalue weighted by Crippen LogP contribution is -2.26. The van der Waals surface area contributed by atoms with Crippen molar-refractivity contribution in [2.45, 2.75) is 12.6 Å². The molecule has 0 spiro atoms. The van der Waals surface area contributed by atoms with Crippen molar-refractivity contribution in [3.63, 3.8) is 0 Å². The van der Waals surface area contributed by atoms with Crippen LogP contribution in [0.4, 0.5) is 17.6 Å². The van der Waals surface area contributed by atoms with Crippen LogP contribution in [0.25, 0.3) is 0 Å². The SMILES string of the molecule is O=C(NCCSCCCO)c1ccc(F)c(C(F)(F)F)c1. The number of rotatable bonds is 7. The fraction of sp³-hybridized carbons (Fsp3) is 0.462. The third-order valence-corrected chi connectivity index (χ3v) is 3.58. The molecule has 21 heavy (non-hydrogen) atoms. The van der Waals surface area contributed by atoms with Gasteiger partial charge in [-0.3, -0.25) is 4.79 Å². The third kappa shape index (κ3) is 5.92. The normalized spacial score (nSPS) is 11.5. The Hall–Kier alpha value is -1.28. The highest BCUT2D eigenvalue weighted by atomic mass is 32.2. The second-order valence-electron chi connectivity index (χ2n) is 4.14. The van der Waals surface area contributed by atoms with Crippen molar-refractivity contribution in [3.05, 3.63) is 35.1 Å². The highest BCUT2D eigenvalue weighted by Crippen LogP contribution is 2.31. The molecular weight excluding hydrogens is 310 g/mol. The Kier molecular flexibility index (Phi) is 6.97. The van der Waals surface area contributed by atoms with Gasteiger partial charge in [-0.05, 0) is 30.4 Å². The molecule has 2 N–H and O–H groups in total. The van der Waals surface area contributed by atoms with Gasteiger partial charge in [-0.2, -0.15) is 24.9 Å². The molecular formula is C13H15F4NO2S. The van der Waals surface area contributed by atoms with E-state index in [-0.39, 0.29) is 18.7 Å². The fourth-order valence-corrected chi connectivity index (χ4v) is 2.27. The number of aliphatic hydroxyl groups is 1. The molecule has 0 heterocycles. The van der Waals surface area contributed by atoms with Crippen LogP contribution in [0.5, 0.6) is 0 Å². The number of carbonyl (C=O) groups excluding carboxylic acids is 1. The molecule has 0 aliphatic carbocycles. The van der Waals surface area contributed by atoms with Gasteiger partial charge >= 0.3 is 6.18 Å². The Balaban J connectivity index is 2.55. The average Bonchev–Trinajstić information content (AvgIpc) is 2.41. The lowest BCUT2D eigenvalue weighted by atomic mass is 10.1. The number of benzene rings is 1. The van der Waals surface area contributed by atoms with E-state index in [0.717, 1.165) is 11.8 Å². The minimum Gasteiger partial charge on any atom is -0.396 e. The van der Waals surface area contributed by atoms with Crippen LogP contribution in [0.2, 0.25) is 0 Å². The summed E-state index contributed by atoms with van der Waals surface area (Å²) in [4.78, 5) is 11.7. The van der Waals surface area contributed by atoms with E-state index >= 15 is 0 Å². The van der Waals surface area contributed by atoms with Crippen molar-refractivity contribution >= 4 is 17.7 Å². The second-order valence-corrected chi connectivity index (χ2v) is 5.36. The van der Waals surface area contributed by atoms with E-state index < -0.39 is 23.5 Å². The lowest BCUT2D eigenvalue weighted by molar-refractivity contribution is -0.140. The van der Waals surface area contributed by atoms with E-state index in [2.05, 4.69) is 5.32 Å². The van der Waals surface area contributed by atoms with E-state index in [9.17, 15) is 22.4 Å². The molecule has 0 saturated heterocycles. The van der Waals surface area contributed by atoms with Gasteiger partial charge in [-0.1, -0.05) is 0 Å². The van der Waals surface area contributed by atoms with Gasteiger partial charge in [0.2, 0.25) is 0 Å². The fourth-order valence-electron chi connectivity index (χ4n) is 1.49. The van der Waals surface area contributed by atoms with E-state index in [4.69, 9.17) is 5.11 Å². The van der Waals surface area contributed by atoms with Gasteiger partial charge < -0.3 is 10.4 Å². The van der Waals surface area contributed by atoms with Gasteiger partial charge in [0.25, 0.3) is 5.91 Å². The molecule has 3 nitrogen and oxygen atoms in total. The molecule has 1 aromatic rings. The van der Waals surface area contributed by atoms with Gasteiger partial charge in [0.1, 0.15) is 5.82 Å². The van der Waals surface area contributed by atoms with Crippen LogP contribution in [0.1, 0.15) is 22.3 Å². The Morgan fingerprint density at radius 1 is 1.29 bits per heavy atom. The van der Waals surface area contributed by atoms with E-state index in [0.29, 0.717) is 24.3 Å². The number of halogens is 4. The first kappa shape index (κ1) is 17.8. The van der Waals surface area contributed by atoms with Crippen molar-refractivity contribution < 1.29 is 27.5 Å². The minimum absolute atomic E-state index is 0.0924. The predicted molar refractivity (Wildman–Crippen MR) is 72.8 cm³/mol. The Morgan fingerprint density at radius 3 is 2.62 bits per heavy atom. The average molecular weight is 325 g/mol. The summed E-state index contributed by atoms with van der Waals surface area (Å²) in [6.07, 6.45) is -4.19. The largest absolute Gasteiger partial charge is 0.419 e. The number of thioether (sulfide) groups is 1. The molecule has 8 heteroatoms. The van der Waals surface area contributed by atoms with E-state index in [1.807, 2.05) is 0 Å². The molecule has 0 unspecified atom stereocenters. The quantitative estimate of drug-likeness (QED) is 0.599. The zero-order valence-corrected chi connectivity index (χ0v) is 11.9. The molecule has 0 aliphatic heterocycles. The number of alkyl halides is 3. The zero-order chi connectivity index (χ0) is 15.9. The van der Waals surface area contributed by atoms with Gasteiger partial charge in [-0.15, -0.1) is 0 Å². The van der Waals surface area contributed by atoms with Crippen LogP contribution >= 0.6 is 11.8 Å². The van der Waals surface area contributed by atoms with Gasteiger partial charge in [-0.25, -0.2) is 4.39 Å². The molecule has 1 aromatic carbocycles. The number of nitrogens with one attached hydrogen (secondary N) is 1. The topological polar surface area (TPSA) is 49.3 Å².